The highest BCUT2D eigenvalue weighted by Gasteiger charge is 2.14. The van der Waals surface area contributed by atoms with Crippen molar-refractivity contribution in [3.05, 3.63) is 81.5 Å². The van der Waals surface area contributed by atoms with Crippen LogP contribution in [0, 0.1) is 13.8 Å². The second-order valence-corrected chi connectivity index (χ2v) is 7.38. The first-order chi connectivity index (χ1) is 14.5. The monoisotopic (exact) mass is 402 g/mol. The molecular formula is C23H22N4O3. The van der Waals surface area contributed by atoms with Crippen LogP contribution in [0.15, 0.2) is 57.8 Å². The van der Waals surface area contributed by atoms with Crippen molar-refractivity contribution in [3.63, 3.8) is 0 Å². The van der Waals surface area contributed by atoms with E-state index in [-0.39, 0.29) is 23.7 Å². The van der Waals surface area contributed by atoms with Gasteiger partial charge in [-0.1, -0.05) is 47.1 Å². The molecule has 0 saturated carbocycles. The summed E-state index contributed by atoms with van der Waals surface area (Å²) in [6.07, 6.45) is 0.526. The van der Waals surface area contributed by atoms with Gasteiger partial charge in [0.05, 0.1) is 5.56 Å². The lowest BCUT2D eigenvalue weighted by Gasteiger charge is -2.04. The van der Waals surface area contributed by atoms with E-state index in [0.29, 0.717) is 24.4 Å². The van der Waals surface area contributed by atoms with E-state index < -0.39 is 0 Å². The number of benzene rings is 2. The standard InChI is InChI=1S/C23H22N4O3/c1-14-3-6-16(7-4-14)13-24-20(28)9-10-21-26-22(27-30-21)18-12-17-8-5-15(2)11-19(17)25-23(18)29/h3-8,11-12H,9-10,13H2,1-2H3,(H,24,28)(H,25,29). The number of pyridine rings is 1. The number of rotatable bonds is 6. The average Bonchev–Trinajstić information content (AvgIpc) is 3.20. The lowest BCUT2D eigenvalue weighted by molar-refractivity contribution is -0.121. The molecule has 0 aliphatic heterocycles. The number of hydrogen-bond acceptors (Lipinski definition) is 5. The van der Waals surface area contributed by atoms with E-state index >= 15 is 0 Å². The fourth-order valence-electron chi connectivity index (χ4n) is 3.16. The molecule has 2 aromatic heterocycles. The fourth-order valence-corrected chi connectivity index (χ4v) is 3.16. The lowest BCUT2D eigenvalue weighted by atomic mass is 10.1. The zero-order chi connectivity index (χ0) is 21.1. The van der Waals surface area contributed by atoms with Crippen LogP contribution in [0.5, 0.6) is 0 Å². The quantitative estimate of drug-likeness (QED) is 0.514. The molecule has 152 valence electrons. The van der Waals surface area contributed by atoms with Gasteiger partial charge in [-0.15, -0.1) is 0 Å². The zero-order valence-electron chi connectivity index (χ0n) is 16.9. The largest absolute Gasteiger partial charge is 0.352 e. The molecule has 0 fully saturated rings. The molecule has 0 radical (unpaired) electrons. The van der Waals surface area contributed by atoms with Crippen molar-refractivity contribution in [2.75, 3.05) is 0 Å². The highest BCUT2D eigenvalue weighted by Crippen LogP contribution is 2.18. The third-order valence-corrected chi connectivity index (χ3v) is 4.89. The molecule has 0 spiro atoms. The molecule has 4 rings (SSSR count). The van der Waals surface area contributed by atoms with E-state index in [2.05, 4.69) is 20.4 Å². The number of fused-ring (bicyclic) bond motifs is 1. The molecule has 4 aromatic rings. The minimum absolute atomic E-state index is 0.103. The summed E-state index contributed by atoms with van der Waals surface area (Å²) in [7, 11) is 0. The summed E-state index contributed by atoms with van der Waals surface area (Å²) in [5, 5.41) is 7.68. The molecule has 0 aliphatic carbocycles. The molecule has 30 heavy (non-hydrogen) atoms. The Morgan fingerprint density at radius 2 is 1.83 bits per heavy atom. The number of nitrogens with one attached hydrogen (secondary N) is 2. The molecule has 0 aliphatic rings. The van der Waals surface area contributed by atoms with Gasteiger partial charge in [-0.2, -0.15) is 4.98 Å². The van der Waals surface area contributed by atoms with Crippen molar-refractivity contribution >= 4 is 16.8 Å². The zero-order valence-corrected chi connectivity index (χ0v) is 16.9. The summed E-state index contributed by atoms with van der Waals surface area (Å²) in [5.41, 5.74) is 4.10. The van der Waals surface area contributed by atoms with Crippen LogP contribution >= 0.6 is 0 Å². The number of nitrogens with zero attached hydrogens (tertiary/aromatic N) is 2. The minimum Gasteiger partial charge on any atom is -0.352 e. The maximum absolute atomic E-state index is 12.4. The Kier molecular flexibility index (Phi) is 5.43. The number of aromatic nitrogens is 3. The van der Waals surface area contributed by atoms with Crippen molar-refractivity contribution in [1.82, 2.24) is 20.4 Å². The normalized spacial score (nSPS) is 11.0. The van der Waals surface area contributed by atoms with Gasteiger partial charge in [-0.3, -0.25) is 9.59 Å². The molecule has 7 heteroatoms. The first-order valence-corrected chi connectivity index (χ1v) is 9.77. The van der Waals surface area contributed by atoms with Crippen LogP contribution in [0.1, 0.15) is 29.0 Å². The molecule has 2 heterocycles. The van der Waals surface area contributed by atoms with E-state index in [1.54, 1.807) is 6.07 Å². The number of H-pyrrole nitrogens is 1. The topological polar surface area (TPSA) is 101 Å². The van der Waals surface area contributed by atoms with E-state index in [9.17, 15) is 9.59 Å². The third-order valence-electron chi connectivity index (χ3n) is 4.89. The summed E-state index contributed by atoms with van der Waals surface area (Å²) in [6.45, 7) is 4.46. The Morgan fingerprint density at radius 1 is 1.07 bits per heavy atom. The fraction of sp³-hybridized carbons (Fsp3) is 0.217. The molecule has 7 nitrogen and oxygen atoms in total. The van der Waals surface area contributed by atoms with E-state index in [1.807, 2.05) is 56.3 Å². The summed E-state index contributed by atoms with van der Waals surface area (Å²) in [5.74, 6) is 0.432. The van der Waals surface area contributed by atoms with Crippen LogP contribution in [0.4, 0.5) is 0 Å². The second kappa shape index (κ2) is 8.32. The molecule has 0 unspecified atom stereocenters. The number of amides is 1. The molecule has 0 saturated heterocycles. The molecule has 2 N–H and O–H groups in total. The predicted octanol–water partition coefficient (Wildman–Crippen LogP) is 3.44. The van der Waals surface area contributed by atoms with Gasteiger partial charge >= 0.3 is 0 Å². The van der Waals surface area contributed by atoms with Crippen molar-refractivity contribution in [2.45, 2.75) is 33.2 Å². The van der Waals surface area contributed by atoms with Crippen LogP contribution in [-0.2, 0) is 17.8 Å². The van der Waals surface area contributed by atoms with Crippen LogP contribution in [0.3, 0.4) is 0 Å². The third kappa shape index (κ3) is 4.46. The number of aromatic amines is 1. The Morgan fingerprint density at radius 3 is 2.63 bits per heavy atom. The van der Waals surface area contributed by atoms with Gasteiger partial charge in [0, 0.05) is 24.9 Å². The minimum atomic E-state index is -0.281. The second-order valence-electron chi connectivity index (χ2n) is 7.38. The molecule has 0 bridgehead atoms. The van der Waals surface area contributed by atoms with E-state index in [1.165, 1.54) is 5.56 Å². The molecule has 0 atom stereocenters. The van der Waals surface area contributed by atoms with E-state index in [0.717, 1.165) is 22.0 Å². The van der Waals surface area contributed by atoms with Crippen LogP contribution in [-0.4, -0.2) is 21.0 Å². The van der Waals surface area contributed by atoms with Crippen molar-refractivity contribution in [1.29, 1.82) is 0 Å². The Labute approximate surface area is 173 Å². The maximum atomic E-state index is 12.4. The summed E-state index contributed by atoms with van der Waals surface area (Å²) in [6, 6.07) is 15.6. The van der Waals surface area contributed by atoms with Gasteiger partial charge < -0.3 is 14.8 Å². The Hall–Kier alpha value is -3.74. The molecule has 1 amide bonds. The summed E-state index contributed by atoms with van der Waals surface area (Å²) >= 11 is 0. The van der Waals surface area contributed by atoms with Crippen molar-refractivity contribution < 1.29 is 9.32 Å². The highest BCUT2D eigenvalue weighted by molar-refractivity contribution is 5.82. The van der Waals surface area contributed by atoms with Gasteiger partial charge in [0.2, 0.25) is 17.6 Å². The summed E-state index contributed by atoms with van der Waals surface area (Å²) < 4.78 is 5.24. The number of carbonyl (C=O) groups is 1. The van der Waals surface area contributed by atoms with Crippen molar-refractivity contribution in [3.8, 4) is 11.4 Å². The number of hydrogen-bond donors (Lipinski definition) is 2. The average molecular weight is 402 g/mol. The maximum Gasteiger partial charge on any atom is 0.259 e. The van der Waals surface area contributed by atoms with Gasteiger partial charge in [0.1, 0.15) is 0 Å². The first kappa shape index (κ1) is 19.6. The van der Waals surface area contributed by atoms with Gasteiger partial charge in [0.15, 0.2) is 0 Å². The predicted molar refractivity (Wildman–Crippen MR) is 114 cm³/mol. The molecule has 2 aromatic carbocycles. The summed E-state index contributed by atoms with van der Waals surface area (Å²) in [4.78, 5) is 31.7. The Balaban J connectivity index is 1.39. The first-order valence-electron chi connectivity index (χ1n) is 9.77. The smallest absolute Gasteiger partial charge is 0.259 e. The van der Waals surface area contributed by atoms with Gasteiger partial charge in [0.25, 0.3) is 5.56 Å². The lowest BCUT2D eigenvalue weighted by Crippen LogP contribution is -2.23. The SMILES string of the molecule is Cc1ccc(CNC(=O)CCc2nc(-c3cc4ccc(C)cc4[nH]c3=O)no2)cc1. The van der Waals surface area contributed by atoms with Crippen molar-refractivity contribution in [2.24, 2.45) is 0 Å². The van der Waals surface area contributed by atoms with Crippen LogP contribution in [0.25, 0.3) is 22.3 Å². The Bertz CT molecular complexity index is 1260. The van der Waals surface area contributed by atoms with Gasteiger partial charge in [-0.25, -0.2) is 0 Å². The van der Waals surface area contributed by atoms with Crippen LogP contribution < -0.4 is 10.9 Å². The van der Waals surface area contributed by atoms with Gasteiger partial charge in [-0.05, 0) is 42.5 Å². The number of carbonyl (C=O) groups excluding carboxylic acids is 1. The highest BCUT2D eigenvalue weighted by atomic mass is 16.5. The number of aryl methyl sites for hydroxylation is 3. The molecular weight excluding hydrogens is 380 g/mol. The van der Waals surface area contributed by atoms with E-state index in [4.69, 9.17) is 4.52 Å². The van der Waals surface area contributed by atoms with Crippen LogP contribution in [0.2, 0.25) is 0 Å².